The van der Waals surface area contributed by atoms with Gasteiger partial charge < -0.3 is 19.7 Å². The van der Waals surface area contributed by atoms with Crippen LogP contribution in [0.4, 0.5) is 0 Å². The fourth-order valence-corrected chi connectivity index (χ4v) is 4.73. The predicted octanol–water partition coefficient (Wildman–Crippen LogP) is 6.48. The van der Waals surface area contributed by atoms with E-state index < -0.39 is 7.82 Å². The third kappa shape index (κ3) is 17.8. The molecule has 0 aromatic heterocycles. The highest BCUT2D eigenvalue weighted by Gasteiger charge is 2.24. The van der Waals surface area contributed by atoms with E-state index in [4.69, 9.17) is 13.8 Å². The summed E-state index contributed by atoms with van der Waals surface area (Å²) < 4.78 is 27.9. The molecule has 0 amide bonds. The van der Waals surface area contributed by atoms with E-state index >= 15 is 0 Å². The minimum absolute atomic E-state index is 0.0129. The molecule has 0 saturated carbocycles. The average molecular weight is 514 g/mol. The minimum atomic E-state index is -4.13. The van der Waals surface area contributed by atoms with Crippen LogP contribution in [-0.2, 0) is 24.8 Å². The van der Waals surface area contributed by atoms with Crippen molar-refractivity contribution in [1.82, 2.24) is 5.32 Å². The van der Waals surface area contributed by atoms with Crippen molar-refractivity contribution in [3.63, 3.8) is 0 Å². The van der Waals surface area contributed by atoms with Gasteiger partial charge in [0.15, 0.2) is 0 Å². The third-order valence-corrected chi connectivity index (χ3v) is 6.85. The first-order chi connectivity index (χ1) is 16.9. The number of hydrogen-bond acceptors (Lipinski definition) is 6. The number of carbonyl (C=O) groups excluding carboxylic acids is 1. The smallest absolute Gasteiger partial charge is 0.472 e. The molecule has 8 heteroatoms. The lowest BCUT2D eigenvalue weighted by Crippen LogP contribution is -2.17. The maximum Gasteiger partial charge on any atom is 0.472 e. The van der Waals surface area contributed by atoms with Crippen LogP contribution in [0.3, 0.4) is 0 Å². The van der Waals surface area contributed by atoms with E-state index in [0.717, 1.165) is 24.3 Å². The number of ketones is 1. The largest absolute Gasteiger partial charge is 0.494 e. The van der Waals surface area contributed by atoms with Gasteiger partial charge in [0.1, 0.15) is 11.5 Å². The van der Waals surface area contributed by atoms with E-state index in [0.29, 0.717) is 13.0 Å². The normalized spacial score (nSPS) is 13.9. The van der Waals surface area contributed by atoms with Crippen molar-refractivity contribution >= 4 is 13.6 Å². The van der Waals surface area contributed by atoms with Crippen molar-refractivity contribution in [2.75, 3.05) is 33.4 Å². The number of phosphoric acid groups is 1. The number of Topliss-reactive ketones (excluding diaryl/α,β-unsaturated/α-hetero) is 1. The van der Waals surface area contributed by atoms with Crippen molar-refractivity contribution < 1.29 is 28.0 Å². The second kappa shape index (κ2) is 19.9. The fourth-order valence-electron chi connectivity index (χ4n) is 3.93. The second-order valence-corrected chi connectivity index (χ2v) is 10.8. The van der Waals surface area contributed by atoms with Gasteiger partial charge in [-0.2, -0.15) is 0 Å². The molecule has 35 heavy (non-hydrogen) atoms. The zero-order valence-electron chi connectivity index (χ0n) is 22.1. The van der Waals surface area contributed by atoms with Crippen molar-refractivity contribution in [2.24, 2.45) is 5.92 Å². The van der Waals surface area contributed by atoms with Gasteiger partial charge in [0.25, 0.3) is 0 Å². The third-order valence-electron chi connectivity index (χ3n) is 5.87. The van der Waals surface area contributed by atoms with E-state index in [1.165, 1.54) is 64.7 Å². The Bertz CT molecular complexity index is 712. The van der Waals surface area contributed by atoms with Gasteiger partial charge in [-0.3, -0.25) is 9.05 Å². The molecular weight excluding hydrogens is 465 g/mol. The van der Waals surface area contributed by atoms with E-state index in [1.807, 2.05) is 24.3 Å². The quantitative estimate of drug-likeness (QED) is 0.128. The Morgan fingerprint density at radius 1 is 0.943 bits per heavy atom. The number of unbranched alkanes of at least 4 members (excludes halogenated alkanes) is 9. The summed E-state index contributed by atoms with van der Waals surface area (Å²) in [5, 5.41) is 2.83. The summed E-state index contributed by atoms with van der Waals surface area (Å²) in [7, 11) is -2.41. The van der Waals surface area contributed by atoms with Gasteiger partial charge in [-0.05, 0) is 50.4 Å². The highest BCUT2D eigenvalue weighted by Crippen LogP contribution is 2.43. The van der Waals surface area contributed by atoms with Crippen molar-refractivity contribution in [3.8, 4) is 5.75 Å². The minimum Gasteiger partial charge on any atom is -0.494 e. The van der Waals surface area contributed by atoms with Gasteiger partial charge in [-0.25, -0.2) is 4.57 Å². The molecule has 0 spiro atoms. The number of benzene rings is 1. The van der Waals surface area contributed by atoms with Gasteiger partial charge in [-0.1, -0.05) is 76.8 Å². The first kappa shape index (κ1) is 31.8. The number of hydrogen-bond donors (Lipinski definition) is 2. The molecular formula is C27H48NO6P. The molecule has 0 aliphatic carbocycles. The Morgan fingerprint density at radius 2 is 1.54 bits per heavy atom. The maximum atomic E-state index is 12.0. The number of likely N-dealkylation sites (N-methyl/N-ethyl adjacent to an activating group) is 1. The molecule has 1 aromatic rings. The number of nitrogens with one attached hydrogen (secondary N) is 1. The summed E-state index contributed by atoms with van der Waals surface area (Å²) in [5.41, 5.74) is 1.02. The number of phosphoric ester groups is 1. The van der Waals surface area contributed by atoms with Crippen LogP contribution < -0.4 is 10.1 Å². The molecule has 1 rings (SSSR count). The van der Waals surface area contributed by atoms with Gasteiger partial charge in [0.05, 0.1) is 19.8 Å². The molecule has 0 saturated heterocycles. The first-order valence-electron chi connectivity index (χ1n) is 13.3. The summed E-state index contributed by atoms with van der Waals surface area (Å²) in [6.45, 7) is 4.98. The summed E-state index contributed by atoms with van der Waals surface area (Å²) in [4.78, 5) is 21.5. The maximum absolute atomic E-state index is 12.0. The molecule has 0 fully saturated rings. The second-order valence-electron chi connectivity index (χ2n) is 9.35. The molecule has 202 valence electrons. The lowest BCUT2D eigenvalue weighted by molar-refractivity contribution is -0.118. The van der Waals surface area contributed by atoms with Crippen LogP contribution in [-0.4, -0.2) is 44.1 Å². The molecule has 0 heterocycles. The fraction of sp³-hybridized carbons (Fsp3) is 0.741. The molecule has 2 atom stereocenters. The van der Waals surface area contributed by atoms with Crippen LogP contribution in [0.25, 0.3) is 0 Å². The van der Waals surface area contributed by atoms with Crippen LogP contribution in [0, 0.1) is 5.92 Å². The van der Waals surface area contributed by atoms with E-state index in [-0.39, 0.29) is 31.3 Å². The lowest BCUT2D eigenvalue weighted by Gasteiger charge is -2.18. The number of carbonyl (C=O) groups is 1. The SMILES string of the molecule is CCCCCCCCCCCCOc1ccc(CC(COP(=O)(O)OCCNC)CC(C)=O)cc1. The summed E-state index contributed by atoms with van der Waals surface area (Å²) in [5.74, 6) is 0.639. The van der Waals surface area contributed by atoms with Gasteiger partial charge in [0.2, 0.25) is 0 Å². The van der Waals surface area contributed by atoms with Crippen LogP contribution in [0.5, 0.6) is 5.75 Å². The first-order valence-corrected chi connectivity index (χ1v) is 14.8. The van der Waals surface area contributed by atoms with Crippen LogP contribution in [0.1, 0.15) is 90.0 Å². The zero-order chi connectivity index (χ0) is 25.8. The Kier molecular flexibility index (Phi) is 18.1. The van der Waals surface area contributed by atoms with Gasteiger partial charge in [0, 0.05) is 13.0 Å². The molecule has 7 nitrogen and oxygen atoms in total. The highest BCUT2D eigenvalue weighted by atomic mass is 31.2. The molecule has 1 aromatic carbocycles. The van der Waals surface area contributed by atoms with E-state index in [1.54, 1.807) is 7.05 Å². The summed E-state index contributed by atoms with van der Waals surface area (Å²) >= 11 is 0. The summed E-state index contributed by atoms with van der Waals surface area (Å²) in [6, 6.07) is 7.83. The molecule has 0 aliphatic rings. The van der Waals surface area contributed by atoms with E-state index in [9.17, 15) is 14.3 Å². The Hall–Kier alpha value is -1.24. The molecule has 0 bridgehead atoms. The monoisotopic (exact) mass is 513 g/mol. The van der Waals surface area contributed by atoms with Crippen molar-refractivity contribution in [2.45, 2.75) is 90.9 Å². The van der Waals surface area contributed by atoms with Crippen LogP contribution in [0.2, 0.25) is 0 Å². The number of ether oxygens (including phenoxy) is 1. The molecule has 0 radical (unpaired) electrons. The van der Waals surface area contributed by atoms with E-state index in [2.05, 4.69) is 12.2 Å². The number of rotatable bonds is 23. The highest BCUT2D eigenvalue weighted by molar-refractivity contribution is 7.47. The Morgan fingerprint density at radius 3 is 2.11 bits per heavy atom. The van der Waals surface area contributed by atoms with Crippen LogP contribution in [0.15, 0.2) is 24.3 Å². The lowest BCUT2D eigenvalue weighted by atomic mass is 9.95. The standard InChI is InChI=1S/C27H48NO6P/c1-4-5-6-7-8-9-10-11-12-13-19-32-27-16-14-25(15-17-27)22-26(21-24(2)29)23-34-35(30,31)33-20-18-28-3/h14-17,26,28H,4-13,18-23H2,1-3H3,(H,30,31). The Labute approximate surface area is 212 Å². The predicted molar refractivity (Wildman–Crippen MR) is 142 cm³/mol. The molecule has 2 unspecified atom stereocenters. The van der Waals surface area contributed by atoms with Crippen molar-refractivity contribution in [3.05, 3.63) is 29.8 Å². The van der Waals surface area contributed by atoms with Crippen LogP contribution >= 0.6 is 7.82 Å². The van der Waals surface area contributed by atoms with Gasteiger partial charge in [-0.15, -0.1) is 0 Å². The zero-order valence-corrected chi connectivity index (χ0v) is 23.0. The topological polar surface area (TPSA) is 94.1 Å². The summed E-state index contributed by atoms with van der Waals surface area (Å²) in [6.07, 6.45) is 13.8. The average Bonchev–Trinajstić information content (AvgIpc) is 2.82. The molecule has 2 N–H and O–H groups in total. The van der Waals surface area contributed by atoms with Crippen molar-refractivity contribution in [1.29, 1.82) is 0 Å². The molecule has 0 aliphatic heterocycles. The Balaban J connectivity index is 2.31. The van der Waals surface area contributed by atoms with Gasteiger partial charge >= 0.3 is 7.82 Å².